The van der Waals surface area contributed by atoms with Crippen molar-refractivity contribution in [3.8, 4) is 0 Å². The zero-order chi connectivity index (χ0) is 15.8. The zero-order valence-electron chi connectivity index (χ0n) is 14.3. The van der Waals surface area contributed by atoms with Crippen LogP contribution in [0.15, 0.2) is 0 Å². The van der Waals surface area contributed by atoms with Crippen LogP contribution >= 0.6 is 11.3 Å². The highest BCUT2D eigenvalue weighted by Crippen LogP contribution is 2.32. The van der Waals surface area contributed by atoms with E-state index in [2.05, 4.69) is 21.8 Å². The number of piperidine rings is 1. The molecule has 2 aromatic rings. The Morgan fingerprint density at radius 2 is 1.70 bits per heavy atom. The molecule has 4 rings (SSSR count). The maximum atomic E-state index is 4.84. The van der Waals surface area contributed by atoms with Crippen LogP contribution in [0.25, 0.3) is 10.3 Å². The molecule has 0 spiro atoms. The van der Waals surface area contributed by atoms with E-state index < -0.39 is 0 Å². The number of hydrogen-bond acceptors (Lipinski definition) is 5. The van der Waals surface area contributed by atoms with Crippen LogP contribution in [0.4, 0.5) is 5.13 Å². The van der Waals surface area contributed by atoms with E-state index in [0.29, 0.717) is 0 Å². The van der Waals surface area contributed by atoms with Gasteiger partial charge in [-0.2, -0.15) is 5.10 Å². The molecular formula is C17H27N5S. The van der Waals surface area contributed by atoms with Crippen molar-refractivity contribution >= 4 is 26.8 Å². The molecule has 0 N–H and O–H groups in total. The van der Waals surface area contributed by atoms with E-state index in [0.717, 1.165) is 30.5 Å². The van der Waals surface area contributed by atoms with Gasteiger partial charge in [0.25, 0.3) is 0 Å². The SMILES string of the molecule is Cc1nn(C)c2nc(N3CCC(N4CCCCCC4)CC3)sc12. The van der Waals surface area contributed by atoms with E-state index in [-0.39, 0.29) is 0 Å². The monoisotopic (exact) mass is 333 g/mol. The van der Waals surface area contributed by atoms with Gasteiger partial charge in [-0.1, -0.05) is 24.2 Å². The number of hydrogen-bond donors (Lipinski definition) is 0. The Balaban J connectivity index is 1.43. The standard InChI is InChI=1S/C17H27N5S/c1-13-15-16(20(2)19-13)18-17(23-15)22-11-7-14(8-12-22)21-9-5-3-4-6-10-21/h14H,3-12H2,1-2H3. The van der Waals surface area contributed by atoms with Crippen LogP contribution in [-0.2, 0) is 7.05 Å². The largest absolute Gasteiger partial charge is 0.348 e. The van der Waals surface area contributed by atoms with Crippen molar-refractivity contribution < 1.29 is 0 Å². The van der Waals surface area contributed by atoms with Crippen LogP contribution in [0.3, 0.4) is 0 Å². The van der Waals surface area contributed by atoms with Crippen molar-refractivity contribution in [2.75, 3.05) is 31.1 Å². The first-order valence-electron chi connectivity index (χ1n) is 9.01. The number of thiazole rings is 1. The maximum Gasteiger partial charge on any atom is 0.188 e. The number of anilines is 1. The first-order valence-corrected chi connectivity index (χ1v) is 9.83. The second kappa shape index (κ2) is 6.40. The second-order valence-electron chi connectivity index (χ2n) is 7.03. The fourth-order valence-corrected chi connectivity index (χ4v) is 5.18. The van der Waals surface area contributed by atoms with Crippen LogP contribution in [-0.4, -0.2) is 51.9 Å². The summed E-state index contributed by atoms with van der Waals surface area (Å²) >= 11 is 1.81. The molecule has 0 atom stereocenters. The average Bonchev–Trinajstić information content (AvgIpc) is 2.98. The summed E-state index contributed by atoms with van der Waals surface area (Å²) < 4.78 is 3.16. The van der Waals surface area contributed by atoms with Crippen molar-refractivity contribution in [2.24, 2.45) is 7.05 Å². The summed E-state index contributed by atoms with van der Waals surface area (Å²) in [7, 11) is 1.99. The first-order chi connectivity index (χ1) is 11.2. The lowest BCUT2D eigenvalue weighted by Crippen LogP contribution is -2.45. The quantitative estimate of drug-likeness (QED) is 0.846. The van der Waals surface area contributed by atoms with E-state index in [1.807, 2.05) is 23.1 Å². The molecule has 2 saturated heterocycles. The lowest BCUT2D eigenvalue weighted by atomic mass is 10.0. The molecule has 0 amide bonds. The Labute approximate surface area is 142 Å². The molecule has 5 nitrogen and oxygen atoms in total. The number of fused-ring (bicyclic) bond motifs is 1. The molecule has 2 aliphatic heterocycles. The summed E-state index contributed by atoms with van der Waals surface area (Å²) in [5.41, 5.74) is 2.14. The van der Waals surface area contributed by atoms with Gasteiger partial charge < -0.3 is 9.80 Å². The summed E-state index contributed by atoms with van der Waals surface area (Å²) in [4.78, 5) is 10.1. The molecule has 0 radical (unpaired) electrons. The van der Waals surface area contributed by atoms with Crippen LogP contribution in [0.1, 0.15) is 44.2 Å². The number of nitrogens with zero attached hydrogens (tertiary/aromatic N) is 5. The summed E-state index contributed by atoms with van der Waals surface area (Å²) in [6.07, 6.45) is 8.21. The predicted molar refractivity (Wildman–Crippen MR) is 96.4 cm³/mol. The minimum absolute atomic E-state index is 0.794. The fourth-order valence-electron chi connectivity index (χ4n) is 4.09. The molecule has 2 aromatic heterocycles. The molecule has 0 unspecified atom stereocenters. The Kier molecular flexibility index (Phi) is 4.28. The third-order valence-corrected chi connectivity index (χ3v) is 6.64. The molecule has 0 bridgehead atoms. The van der Waals surface area contributed by atoms with E-state index in [1.54, 1.807) is 0 Å². The van der Waals surface area contributed by atoms with E-state index >= 15 is 0 Å². The van der Waals surface area contributed by atoms with E-state index in [4.69, 9.17) is 4.98 Å². The van der Waals surface area contributed by atoms with Gasteiger partial charge in [0, 0.05) is 26.2 Å². The van der Waals surface area contributed by atoms with E-state index in [9.17, 15) is 0 Å². The highest BCUT2D eigenvalue weighted by atomic mass is 32.1. The van der Waals surface area contributed by atoms with Crippen molar-refractivity contribution in [1.82, 2.24) is 19.7 Å². The summed E-state index contributed by atoms with van der Waals surface area (Å²) in [5.74, 6) is 0. The Bertz CT molecular complexity index is 625. The third kappa shape index (κ3) is 2.98. The molecule has 126 valence electrons. The van der Waals surface area contributed by atoms with Crippen molar-refractivity contribution in [3.05, 3.63) is 5.69 Å². The van der Waals surface area contributed by atoms with Crippen LogP contribution in [0.5, 0.6) is 0 Å². The minimum atomic E-state index is 0.794. The Hall–Kier alpha value is -1.14. The maximum absolute atomic E-state index is 4.84. The first kappa shape index (κ1) is 15.4. The molecule has 2 fully saturated rings. The molecule has 6 heteroatoms. The van der Waals surface area contributed by atoms with Crippen molar-refractivity contribution in [3.63, 3.8) is 0 Å². The highest BCUT2D eigenvalue weighted by Gasteiger charge is 2.27. The van der Waals surface area contributed by atoms with Gasteiger partial charge in [0.1, 0.15) is 0 Å². The predicted octanol–water partition coefficient (Wildman–Crippen LogP) is 3.18. The fraction of sp³-hybridized carbons (Fsp3) is 0.765. The van der Waals surface area contributed by atoms with Crippen molar-refractivity contribution in [2.45, 2.75) is 51.5 Å². The molecule has 2 aliphatic rings. The summed E-state index contributed by atoms with van der Waals surface area (Å²) in [6.45, 7) is 7.00. The molecular weight excluding hydrogens is 306 g/mol. The number of rotatable bonds is 2. The minimum Gasteiger partial charge on any atom is -0.348 e. The number of aryl methyl sites for hydroxylation is 2. The summed E-state index contributed by atoms with van der Waals surface area (Å²) in [6, 6.07) is 0.794. The highest BCUT2D eigenvalue weighted by molar-refractivity contribution is 7.22. The lowest BCUT2D eigenvalue weighted by Gasteiger charge is -2.38. The van der Waals surface area contributed by atoms with Gasteiger partial charge in [-0.05, 0) is 45.7 Å². The van der Waals surface area contributed by atoms with Crippen LogP contribution in [0, 0.1) is 6.92 Å². The molecule has 0 aliphatic carbocycles. The Morgan fingerprint density at radius 1 is 1.00 bits per heavy atom. The lowest BCUT2D eigenvalue weighted by molar-refractivity contribution is 0.175. The molecule has 23 heavy (non-hydrogen) atoms. The average molecular weight is 334 g/mol. The topological polar surface area (TPSA) is 37.2 Å². The Morgan fingerprint density at radius 3 is 2.35 bits per heavy atom. The second-order valence-corrected chi connectivity index (χ2v) is 8.00. The number of aromatic nitrogens is 3. The van der Waals surface area contributed by atoms with Gasteiger partial charge in [-0.15, -0.1) is 0 Å². The molecule has 0 aromatic carbocycles. The van der Waals surface area contributed by atoms with Crippen LogP contribution < -0.4 is 4.90 Å². The summed E-state index contributed by atoms with van der Waals surface area (Å²) in [5, 5.41) is 5.64. The van der Waals surface area contributed by atoms with Gasteiger partial charge in [-0.25, -0.2) is 9.67 Å². The molecule has 0 saturated carbocycles. The number of likely N-dealkylation sites (tertiary alicyclic amines) is 1. The van der Waals surface area contributed by atoms with Gasteiger partial charge in [0.05, 0.1) is 10.4 Å². The molecule has 4 heterocycles. The third-order valence-electron chi connectivity index (χ3n) is 5.43. The zero-order valence-corrected chi connectivity index (χ0v) is 15.1. The van der Waals surface area contributed by atoms with Gasteiger partial charge >= 0.3 is 0 Å². The normalized spacial score (nSPS) is 21.9. The van der Waals surface area contributed by atoms with E-state index in [1.165, 1.54) is 61.4 Å². The van der Waals surface area contributed by atoms with Crippen LogP contribution in [0.2, 0.25) is 0 Å². The van der Waals surface area contributed by atoms with Crippen molar-refractivity contribution in [1.29, 1.82) is 0 Å². The van der Waals surface area contributed by atoms with Gasteiger partial charge in [-0.3, -0.25) is 0 Å². The van der Waals surface area contributed by atoms with Gasteiger partial charge in [0.2, 0.25) is 0 Å². The van der Waals surface area contributed by atoms with Gasteiger partial charge in [0.15, 0.2) is 10.8 Å². The smallest absolute Gasteiger partial charge is 0.188 e.